The number of nitrogen functional groups attached to an aromatic ring is 1. The average molecular weight is 233 g/mol. The van der Waals surface area contributed by atoms with Crippen molar-refractivity contribution in [1.29, 1.82) is 0 Å². The molecule has 0 fully saturated rings. The molecule has 0 unspecified atom stereocenters. The zero-order valence-electron chi connectivity index (χ0n) is 9.47. The highest BCUT2D eigenvalue weighted by Gasteiger charge is 2.02. The minimum Gasteiger partial charge on any atom is -0.399 e. The molecule has 1 aromatic heterocycles. The molecule has 84 valence electrons. The molecule has 0 radical (unpaired) electrons. The Morgan fingerprint density at radius 1 is 1.44 bits per heavy atom. The molecular weight excluding hydrogens is 218 g/mol. The van der Waals surface area contributed by atoms with Crippen molar-refractivity contribution in [2.75, 3.05) is 5.73 Å². The van der Waals surface area contributed by atoms with Gasteiger partial charge in [-0.25, -0.2) is 0 Å². The lowest BCUT2D eigenvalue weighted by atomic mass is 10.2. The van der Waals surface area contributed by atoms with E-state index >= 15 is 0 Å². The SMILES string of the molecule is Cc1ccc(N)cc1SCc1cnn(C)c1. The summed E-state index contributed by atoms with van der Waals surface area (Å²) in [5, 5.41) is 4.15. The van der Waals surface area contributed by atoms with Crippen molar-refractivity contribution >= 4 is 17.4 Å². The molecule has 4 heteroatoms. The highest BCUT2D eigenvalue weighted by atomic mass is 32.2. The van der Waals surface area contributed by atoms with Crippen LogP contribution in [0.25, 0.3) is 0 Å². The highest BCUT2D eigenvalue weighted by molar-refractivity contribution is 7.98. The Balaban J connectivity index is 2.07. The first-order valence-corrected chi connectivity index (χ1v) is 6.10. The summed E-state index contributed by atoms with van der Waals surface area (Å²) in [4.78, 5) is 1.24. The van der Waals surface area contributed by atoms with E-state index in [1.165, 1.54) is 16.0 Å². The van der Waals surface area contributed by atoms with E-state index in [4.69, 9.17) is 5.73 Å². The summed E-state index contributed by atoms with van der Waals surface area (Å²) in [6, 6.07) is 6.01. The standard InChI is InChI=1S/C12H15N3S/c1-9-3-4-11(13)5-12(9)16-8-10-6-14-15(2)7-10/h3-7H,8,13H2,1-2H3. The van der Waals surface area contributed by atoms with Crippen molar-refractivity contribution in [2.45, 2.75) is 17.6 Å². The van der Waals surface area contributed by atoms with Gasteiger partial charge in [0.15, 0.2) is 0 Å². The number of rotatable bonds is 3. The van der Waals surface area contributed by atoms with E-state index in [-0.39, 0.29) is 0 Å². The normalized spacial score (nSPS) is 10.6. The fourth-order valence-electron chi connectivity index (χ4n) is 1.48. The van der Waals surface area contributed by atoms with Gasteiger partial charge in [0.05, 0.1) is 6.20 Å². The van der Waals surface area contributed by atoms with Crippen LogP contribution in [0.2, 0.25) is 0 Å². The third-order valence-electron chi connectivity index (χ3n) is 2.36. The van der Waals surface area contributed by atoms with Gasteiger partial charge in [-0.2, -0.15) is 5.10 Å². The van der Waals surface area contributed by atoms with Crippen molar-refractivity contribution in [3.8, 4) is 0 Å². The molecule has 2 N–H and O–H groups in total. The van der Waals surface area contributed by atoms with Gasteiger partial charge in [0.2, 0.25) is 0 Å². The van der Waals surface area contributed by atoms with E-state index in [0.717, 1.165) is 11.4 Å². The predicted molar refractivity (Wildman–Crippen MR) is 68.4 cm³/mol. The lowest BCUT2D eigenvalue weighted by Crippen LogP contribution is -1.88. The first kappa shape index (κ1) is 11.1. The molecule has 2 aromatic rings. The van der Waals surface area contributed by atoms with Crippen LogP contribution in [0.5, 0.6) is 0 Å². The lowest BCUT2D eigenvalue weighted by Gasteiger charge is -2.05. The zero-order valence-corrected chi connectivity index (χ0v) is 10.3. The number of nitrogens with two attached hydrogens (primary N) is 1. The Bertz CT molecular complexity index is 491. The quantitative estimate of drug-likeness (QED) is 0.654. The molecule has 0 saturated heterocycles. The summed E-state index contributed by atoms with van der Waals surface area (Å²) in [7, 11) is 1.93. The monoisotopic (exact) mass is 233 g/mol. The van der Waals surface area contributed by atoms with Crippen LogP contribution in [0.3, 0.4) is 0 Å². The van der Waals surface area contributed by atoms with Crippen LogP contribution in [-0.2, 0) is 12.8 Å². The fourth-order valence-corrected chi connectivity index (χ4v) is 2.47. The maximum absolute atomic E-state index is 5.77. The molecule has 0 atom stereocenters. The van der Waals surface area contributed by atoms with Gasteiger partial charge < -0.3 is 5.73 Å². The predicted octanol–water partition coefficient (Wildman–Crippen LogP) is 2.60. The number of hydrogen-bond acceptors (Lipinski definition) is 3. The summed E-state index contributed by atoms with van der Waals surface area (Å²) in [5.41, 5.74) is 9.09. The van der Waals surface area contributed by atoms with Crippen LogP contribution in [-0.4, -0.2) is 9.78 Å². The summed E-state index contributed by atoms with van der Waals surface area (Å²) in [6.45, 7) is 2.10. The molecule has 0 amide bonds. The van der Waals surface area contributed by atoms with Gasteiger partial charge in [0, 0.05) is 35.1 Å². The molecule has 0 saturated carbocycles. The van der Waals surface area contributed by atoms with Gasteiger partial charge >= 0.3 is 0 Å². The van der Waals surface area contributed by atoms with E-state index in [2.05, 4.69) is 18.1 Å². The second-order valence-electron chi connectivity index (χ2n) is 3.84. The first-order chi connectivity index (χ1) is 7.65. The van der Waals surface area contributed by atoms with Gasteiger partial charge in [0.1, 0.15) is 0 Å². The van der Waals surface area contributed by atoms with Crippen molar-refractivity contribution in [3.63, 3.8) is 0 Å². The van der Waals surface area contributed by atoms with Gasteiger partial charge in [-0.3, -0.25) is 4.68 Å². The topological polar surface area (TPSA) is 43.8 Å². The maximum atomic E-state index is 5.77. The van der Waals surface area contributed by atoms with E-state index in [0.29, 0.717) is 0 Å². The molecular formula is C12H15N3S. The molecule has 0 bridgehead atoms. The van der Waals surface area contributed by atoms with Crippen LogP contribution in [0.15, 0.2) is 35.5 Å². The van der Waals surface area contributed by atoms with Crippen molar-refractivity contribution in [1.82, 2.24) is 9.78 Å². The van der Waals surface area contributed by atoms with Crippen molar-refractivity contribution in [2.24, 2.45) is 7.05 Å². The summed E-state index contributed by atoms with van der Waals surface area (Å²) in [6.07, 6.45) is 3.93. The molecule has 1 aromatic carbocycles. The van der Waals surface area contributed by atoms with Crippen LogP contribution in [0.1, 0.15) is 11.1 Å². The third kappa shape index (κ3) is 2.58. The average Bonchev–Trinajstić information content (AvgIpc) is 2.66. The first-order valence-electron chi connectivity index (χ1n) is 5.11. The molecule has 2 rings (SSSR count). The Morgan fingerprint density at radius 2 is 2.25 bits per heavy atom. The number of anilines is 1. The molecule has 0 aliphatic carbocycles. The molecule has 16 heavy (non-hydrogen) atoms. The largest absolute Gasteiger partial charge is 0.399 e. The van der Waals surface area contributed by atoms with Gasteiger partial charge in [-0.05, 0) is 24.6 Å². The van der Waals surface area contributed by atoms with E-state index < -0.39 is 0 Å². The van der Waals surface area contributed by atoms with E-state index in [9.17, 15) is 0 Å². The fraction of sp³-hybridized carbons (Fsp3) is 0.250. The third-order valence-corrected chi connectivity index (χ3v) is 3.59. The van der Waals surface area contributed by atoms with Crippen LogP contribution >= 0.6 is 11.8 Å². The minimum absolute atomic E-state index is 0.819. The summed E-state index contributed by atoms with van der Waals surface area (Å²) >= 11 is 1.79. The highest BCUT2D eigenvalue weighted by Crippen LogP contribution is 2.27. The second kappa shape index (κ2) is 4.61. The molecule has 3 nitrogen and oxygen atoms in total. The molecule has 0 spiro atoms. The van der Waals surface area contributed by atoms with Gasteiger partial charge in [0.25, 0.3) is 0 Å². The minimum atomic E-state index is 0.819. The number of benzene rings is 1. The number of aryl methyl sites for hydroxylation is 2. The number of hydrogen-bond donors (Lipinski definition) is 1. The lowest BCUT2D eigenvalue weighted by molar-refractivity contribution is 0.767. The molecule has 0 aliphatic heterocycles. The Morgan fingerprint density at radius 3 is 2.94 bits per heavy atom. The molecule has 1 heterocycles. The Labute approximate surface area is 99.7 Å². The van der Waals surface area contributed by atoms with Gasteiger partial charge in [-0.15, -0.1) is 11.8 Å². The van der Waals surface area contributed by atoms with Crippen molar-refractivity contribution in [3.05, 3.63) is 41.7 Å². The number of nitrogens with zero attached hydrogens (tertiary/aromatic N) is 2. The van der Waals surface area contributed by atoms with Crippen molar-refractivity contribution < 1.29 is 0 Å². The Kier molecular flexibility index (Phi) is 3.19. The Hall–Kier alpha value is -1.42. The van der Waals surface area contributed by atoms with Crippen LogP contribution in [0, 0.1) is 6.92 Å². The van der Waals surface area contributed by atoms with Gasteiger partial charge in [-0.1, -0.05) is 6.07 Å². The summed E-state index contributed by atoms with van der Waals surface area (Å²) < 4.78 is 1.82. The molecule has 0 aliphatic rings. The maximum Gasteiger partial charge on any atom is 0.0530 e. The van der Waals surface area contributed by atoms with Crippen LogP contribution in [0.4, 0.5) is 5.69 Å². The summed E-state index contributed by atoms with van der Waals surface area (Å²) in [5.74, 6) is 0.929. The number of aromatic nitrogens is 2. The zero-order chi connectivity index (χ0) is 11.5. The van der Waals surface area contributed by atoms with E-state index in [1.807, 2.05) is 36.3 Å². The van der Waals surface area contributed by atoms with Crippen LogP contribution < -0.4 is 5.73 Å². The smallest absolute Gasteiger partial charge is 0.0530 e. The second-order valence-corrected chi connectivity index (χ2v) is 4.85. The number of thioether (sulfide) groups is 1. The van der Waals surface area contributed by atoms with E-state index in [1.54, 1.807) is 11.8 Å².